The van der Waals surface area contributed by atoms with E-state index in [0.717, 1.165) is 16.2 Å². The molecule has 0 radical (unpaired) electrons. The molecule has 0 aliphatic carbocycles. The van der Waals surface area contributed by atoms with E-state index in [9.17, 15) is 14.4 Å². The van der Waals surface area contributed by atoms with Crippen molar-refractivity contribution in [2.75, 3.05) is 11.9 Å². The molecular weight excluding hydrogens is 312 g/mol. The van der Waals surface area contributed by atoms with Crippen molar-refractivity contribution >= 4 is 45.5 Å². The highest BCUT2D eigenvalue weighted by molar-refractivity contribution is 7.18. The van der Waals surface area contributed by atoms with Gasteiger partial charge in [0.05, 0.1) is 16.4 Å². The number of hydrogen-bond donors (Lipinski definition) is 3. The number of aryl methyl sites for hydroxylation is 1. The van der Waals surface area contributed by atoms with Crippen LogP contribution in [0.5, 0.6) is 0 Å². The number of anilines is 1. The van der Waals surface area contributed by atoms with Gasteiger partial charge in [0.1, 0.15) is 4.88 Å². The highest BCUT2D eigenvalue weighted by atomic mass is 32.1. The molecule has 0 atom stereocenters. The van der Waals surface area contributed by atoms with Gasteiger partial charge in [-0.25, -0.2) is 4.79 Å². The molecule has 0 aliphatic heterocycles. The predicted octanol–water partition coefficient (Wildman–Crippen LogP) is 2.18. The molecule has 0 fully saturated rings. The molecule has 2 rings (SSSR count). The minimum absolute atomic E-state index is 0.142. The largest absolute Gasteiger partial charge is 0.477 e. The van der Waals surface area contributed by atoms with Gasteiger partial charge in [-0.3, -0.25) is 9.59 Å². The van der Waals surface area contributed by atoms with Gasteiger partial charge in [0.2, 0.25) is 5.91 Å². The number of amides is 2. The maximum Gasteiger partial charge on any atom is 0.345 e. The molecule has 6 nitrogen and oxygen atoms in total. The highest BCUT2D eigenvalue weighted by Crippen LogP contribution is 2.21. The molecular formula is C13H12N2O4S2. The Kier molecular flexibility index (Phi) is 4.71. The summed E-state index contributed by atoms with van der Waals surface area (Å²) in [6.45, 7) is 1.72. The number of carboxylic acid groups (broad SMARTS) is 1. The van der Waals surface area contributed by atoms with E-state index in [0.29, 0.717) is 9.88 Å². The van der Waals surface area contributed by atoms with Gasteiger partial charge < -0.3 is 15.7 Å². The molecule has 8 heteroatoms. The molecule has 21 heavy (non-hydrogen) atoms. The van der Waals surface area contributed by atoms with Crippen LogP contribution < -0.4 is 10.6 Å². The molecule has 2 heterocycles. The van der Waals surface area contributed by atoms with Crippen LogP contribution in [0.15, 0.2) is 24.3 Å². The Balaban J connectivity index is 1.84. The lowest BCUT2D eigenvalue weighted by atomic mass is 10.4. The second-order valence-corrected chi connectivity index (χ2v) is 6.48. The molecule has 2 aromatic rings. The Hall–Kier alpha value is -2.19. The van der Waals surface area contributed by atoms with Crippen molar-refractivity contribution in [2.24, 2.45) is 0 Å². The molecule has 2 amide bonds. The lowest BCUT2D eigenvalue weighted by molar-refractivity contribution is -0.115. The van der Waals surface area contributed by atoms with E-state index in [1.807, 2.05) is 13.0 Å². The quantitative estimate of drug-likeness (QED) is 0.785. The van der Waals surface area contributed by atoms with E-state index in [1.165, 1.54) is 23.5 Å². The Morgan fingerprint density at radius 2 is 1.81 bits per heavy atom. The van der Waals surface area contributed by atoms with Crippen LogP contribution in [0.3, 0.4) is 0 Å². The number of carbonyl (C=O) groups excluding carboxylic acids is 2. The molecule has 0 spiro atoms. The van der Waals surface area contributed by atoms with Crippen LogP contribution in [0.1, 0.15) is 24.2 Å². The number of hydrogen-bond acceptors (Lipinski definition) is 5. The molecule has 2 aromatic heterocycles. The summed E-state index contributed by atoms with van der Waals surface area (Å²) < 4.78 is 0. The average molecular weight is 324 g/mol. The van der Waals surface area contributed by atoms with Gasteiger partial charge in [0.15, 0.2) is 0 Å². The first-order valence-corrected chi connectivity index (χ1v) is 7.56. The molecule has 110 valence electrons. The fourth-order valence-corrected chi connectivity index (χ4v) is 3.05. The van der Waals surface area contributed by atoms with Gasteiger partial charge >= 0.3 is 5.97 Å². The molecule has 0 saturated carbocycles. The van der Waals surface area contributed by atoms with Crippen LogP contribution in [-0.2, 0) is 4.79 Å². The summed E-state index contributed by atoms with van der Waals surface area (Å²) >= 11 is 2.31. The standard InChI is InChI=1S/C13H12N2O4S2/c1-7-2-3-8(20-7)12(17)14-6-10(16)15-11-5-4-9(21-11)13(18)19/h2-5H,6H2,1H3,(H,14,17)(H,15,16)(H,18,19). The van der Waals surface area contributed by atoms with E-state index >= 15 is 0 Å². The van der Waals surface area contributed by atoms with Crippen molar-refractivity contribution < 1.29 is 19.5 Å². The van der Waals surface area contributed by atoms with E-state index < -0.39 is 11.9 Å². The summed E-state index contributed by atoms with van der Waals surface area (Å²) in [5.41, 5.74) is 0. The van der Waals surface area contributed by atoms with Crippen molar-refractivity contribution in [1.82, 2.24) is 5.32 Å². The Bertz CT molecular complexity index is 690. The zero-order valence-corrected chi connectivity index (χ0v) is 12.6. The van der Waals surface area contributed by atoms with Gasteiger partial charge in [-0.1, -0.05) is 0 Å². The Morgan fingerprint density at radius 3 is 2.38 bits per heavy atom. The van der Waals surface area contributed by atoms with Gasteiger partial charge in [-0.2, -0.15) is 0 Å². The number of carbonyl (C=O) groups is 3. The van der Waals surface area contributed by atoms with Crippen molar-refractivity contribution in [2.45, 2.75) is 6.92 Å². The van der Waals surface area contributed by atoms with E-state index in [4.69, 9.17) is 5.11 Å². The topological polar surface area (TPSA) is 95.5 Å². The van der Waals surface area contributed by atoms with Crippen LogP contribution in [-0.4, -0.2) is 29.4 Å². The van der Waals surface area contributed by atoms with Crippen molar-refractivity contribution in [3.8, 4) is 0 Å². The van der Waals surface area contributed by atoms with Gasteiger partial charge in [0, 0.05) is 4.88 Å². The van der Waals surface area contributed by atoms with Gasteiger partial charge in [-0.05, 0) is 31.2 Å². The lowest BCUT2D eigenvalue weighted by Crippen LogP contribution is -2.32. The van der Waals surface area contributed by atoms with Crippen molar-refractivity contribution in [3.05, 3.63) is 38.9 Å². The normalized spacial score (nSPS) is 10.1. The van der Waals surface area contributed by atoms with Crippen LogP contribution in [0.4, 0.5) is 5.00 Å². The monoisotopic (exact) mass is 324 g/mol. The van der Waals surface area contributed by atoms with Crippen LogP contribution in [0, 0.1) is 6.92 Å². The van der Waals surface area contributed by atoms with Crippen molar-refractivity contribution in [1.29, 1.82) is 0 Å². The summed E-state index contributed by atoms with van der Waals surface area (Å²) in [7, 11) is 0. The lowest BCUT2D eigenvalue weighted by Gasteiger charge is -2.04. The maximum absolute atomic E-state index is 11.8. The molecule has 0 aliphatic rings. The first-order valence-electron chi connectivity index (χ1n) is 5.93. The number of rotatable bonds is 5. The second-order valence-electron chi connectivity index (χ2n) is 4.11. The highest BCUT2D eigenvalue weighted by Gasteiger charge is 2.12. The number of aromatic carboxylic acids is 1. The number of thiophene rings is 2. The van der Waals surface area contributed by atoms with Crippen LogP contribution >= 0.6 is 22.7 Å². The summed E-state index contributed by atoms with van der Waals surface area (Å²) in [6, 6.07) is 6.45. The van der Waals surface area contributed by atoms with Gasteiger partial charge in [-0.15, -0.1) is 22.7 Å². The zero-order chi connectivity index (χ0) is 15.4. The first-order chi connectivity index (χ1) is 9.95. The molecule has 3 N–H and O–H groups in total. The van der Waals surface area contributed by atoms with E-state index in [1.54, 1.807) is 6.07 Å². The van der Waals surface area contributed by atoms with E-state index in [-0.39, 0.29) is 17.3 Å². The minimum Gasteiger partial charge on any atom is -0.477 e. The van der Waals surface area contributed by atoms with E-state index in [2.05, 4.69) is 10.6 Å². The Labute approximate surface area is 128 Å². The molecule has 0 aromatic carbocycles. The number of carboxylic acids is 1. The summed E-state index contributed by atoms with van der Waals surface area (Å²) in [5.74, 6) is -1.75. The second kappa shape index (κ2) is 6.51. The number of nitrogens with one attached hydrogen (secondary N) is 2. The van der Waals surface area contributed by atoms with Crippen LogP contribution in [0.25, 0.3) is 0 Å². The summed E-state index contributed by atoms with van der Waals surface area (Å²) in [6.07, 6.45) is 0. The Morgan fingerprint density at radius 1 is 1.10 bits per heavy atom. The van der Waals surface area contributed by atoms with Crippen molar-refractivity contribution in [3.63, 3.8) is 0 Å². The molecule has 0 saturated heterocycles. The minimum atomic E-state index is -1.04. The van der Waals surface area contributed by atoms with Gasteiger partial charge in [0.25, 0.3) is 5.91 Å². The third-order valence-electron chi connectivity index (χ3n) is 2.45. The predicted molar refractivity (Wildman–Crippen MR) is 81.3 cm³/mol. The molecule has 0 unspecified atom stereocenters. The smallest absolute Gasteiger partial charge is 0.345 e. The summed E-state index contributed by atoms with van der Waals surface area (Å²) in [4.78, 5) is 35.8. The third kappa shape index (κ3) is 4.14. The summed E-state index contributed by atoms with van der Waals surface area (Å²) in [5, 5.41) is 14.3. The fourth-order valence-electron chi connectivity index (χ4n) is 1.51. The van der Waals surface area contributed by atoms with Crippen LogP contribution in [0.2, 0.25) is 0 Å². The average Bonchev–Trinajstić information content (AvgIpc) is 3.05. The zero-order valence-electron chi connectivity index (χ0n) is 11.0. The fraction of sp³-hybridized carbons (Fsp3) is 0.154. The third-order valence-corrected chi connectivity index (χ3v) is 4.44. The maximum atomic E-state index is 11.8. The molecule has 0 bridgehead atoms. The first kappa shape index (κ1) is 15.2. The SMILES string of the molecule is Cc1ccc(C(=O)NCC(=O)Nc2ccc(C(=O)O)s2)s1.